The summed E-state index contributed by atoms with van der Waals surface area (Å²) in [4.78, 5) is 27.7. The summed E-state index contributed by atoms with van der Waals surface area (Å²) in [6.07, 6.45) is 4.75. The van der Waals surface area contributed by atoms with Crippen molar-refractivity contribution in [1.29, 1.82) is 0 Å². The molecule has 1 aliphatic rings. The molecule has 1 fully saturated rings. The molecule has 10 nitrogen and oxygen atoms in total. The van der Waals surface area contributed by atoms with Crippen LogP contribution in [0.3, 0.4) is 0 Å². The SMILES string of the molecule is O=C(NCCCn1ccnc1)C(=O)NC[C@@H]1OCCN1S(=O)(=O)c1ccc(F)cc1. The fraction of sp³-hybridized carbons (Fsp3) is 0.389. The molecular weight excluding hydrogens is 417 g/mol. The summed E-state index contributed by atoms with van der Waals surface area (Å²) >= 11 is 0. The predicted molar refractivity (Wildman–Crippen MR) is 103 cm³/mol. The van der Waals surface area contributed by atoms with Crippen molar-refractivity contribution in [3.05, 3.63) is 48.8 Å². The maximum atomic E-state index is 13.1. The predicted octanol–water partition coefficient (Wildman–Crippen LogP) is -0.308. The van der Waals surface area contributed by atoms with Gasteiger partial charge in [0.2, 0.25) is 10.0 Å². The Hall–Kier alpha value is -2.83. The van der Waals surface area contributed by atoms with Crippen LogP contribution in [0.4, 0.5) is 4.39 Å². The van der Waals surface area contributed by atoms with E-state index < -0.39 is 33.9 Å². The van der Waals surface area contributed by atoms with Crippen LogP contribution < -0.4 is 10.6 Å². The Morgan fingerprint density at radius 3 is 2.63 bits per heavy atom. The summed E-state index contributed by atoms with van der Waals surface area (Å²) in [5.41, 5.74) is 0. The van der Waals surface area contributed by atoms with E-state index in [1.165, 1.54) is 0 Å². The Morgan fingerprint density at radius 1 is 1.20 bits per heavy atom. The second kappa shape index (κ2) is 9.78. The highest BCUT2D eigenvalue weighted by atomic mass is 32.2. The van der Waals surface area contributed by atoms with Crippen LogP contribution in [0.1, 0.15) is 6.42 Å². The zero-order valence-corrected chi connectivity index (χ0v) is 16.8. The summed E-state index contributed by atoms with van der Waals surface area (Å²) in [6.45, 7) is 0.979. The molecule has 1 aromatic heterocycles. The highest BCUT2D eigenvalue weighted by Gasteiger charge is 2.36. The lowest BCUT2D eigenvalue weighted by Gasteiger charge is -2.22. The van der Waals surface area contributed by atoms with Crippen molar-refractivity contribution in [1.82, 2.24) is 24.5 Å². The molecule has 0 saturated carbocycles. The number of carbonyl (C=O) groups excluding carboxylic acids is 2. The van der Waals surface area contributed by atoms with Crippen LogP contribution in [0.5, 0.6) is 0 Å². The molecular formula is C18H22FN5O5S. The van der Waals surface area contributed by atoms with Crippen molar-refractivity contribution < 1.29 is 27.1 Å². The van der Waals surface area contributed by atoms with Gasteiger partial charge >= 0.3 is 11.8 Å². The molecule has 2 N–H and O–H groups in total. The van der Waals surface area contributed by atoms with E-state index in [-0.39, 0.29) is 24.6 Å². The normalized spacial score (nSPS) is 17.0. The van der Waals surface area contributed by atoms with E-state index in [0.717, 1.165) is 28.6 Å². The van der Waals surface area contributed by atoms with Gasteiger partial charge in [-0.3, -0.25) is 9.59 Å². The standard InChI is InChI=1S/C18H22FN5O5S/c19-14-2-4-15(5-3-14)30(27,28)24-10-11-29-16(24)12-22-18(26)17(25)21-6-1-8-23-9-7-20-13-23/h2-5,7,9,13,16H,1,6,8,10-12H2,(H,21,25)(H,22,26)/t16-/m0/s1. The van der Waals surface area contributed by atoms with E-state index in [4.69, 9.17) is 4.74 Å². The zero-order chi connectivity index (χ0) is 21.6. The van der Waals surface area contributed by atoms with Crippen LogP contribution in [0.2, 0.25) is 0 Å². The molecule has 1 aliphatic heterocycles. The molecule has 1 saturated heterocycles. The number of hydrogen-bond donors (Lipinski definition) is 2. The van der Waals surface area contributed by atoms with Crippen LogP contribution in [0.25, 0.3) is 0 Å². The van der Waals surface area contributed by atoms with E-state index in [0.29, 0.717) is 19.5 Å². The van der Waals surface area contributed by atoms with Gasteiger partial charge in [0.1, 0.15) is 12.0 Å². The van der Waals surface area contributed by atoms with Crippen LogP contribution in [-0.4, -0.2) is 66.6 Å². The van der Waals surface area contributed by atoms with E-state index in [9.17, 15) is 22.4 Å². The number of ether oxygens (including phenoxy) is 1. The number of hydrogen-bond acceptors (Lipinski definition) is 6. The molecule has 3 rings (SSSR count). The lowest BCUT2D eigenvalue weighted by molar-refractivity contribution is -0.139. The van der Waals surface area contributed by atoms with E-state index in [1.54, 1.807) is 18.7 Å². The number of rotatable bonds is 8. The number of imidazole rings is 1. The topological polar surface area (TPSA) is 123 Å². The van der Waals surface area contributed by atoms with E-state index in [2.05, 4.69) is 15.6 Å². The van der Waals surface area contributed by atoms with Gasteiger partial charge < -0.3 is 19.9 Å². The van der Waals surface area contributed by atoms with Crippen molar-refractivity contribution >= 4 is 21.8 Å². The third-order valence-electron chi connectivity index (χ3n) is 4.44. The molecule has 1 aromatic carbocycles. The van der Waals surface area contributed by atoms with Crippen molar-refractivity contribution in [2.75, 3.05) is 26.2 Å². The van der Waals surface area contributed by atoms with Gasteiger partial charge in [-0.25, -0.2) is 17.8 Å². The molecule has 162 valence electrons. The minimum Gasteiger partial charge on any atom is -0.359 e. The zero-order valence-electron chi connectivity index (χ0n) is 16.0. The third-order valence-corrected chi connectivity index (χ3v) is 6.35. The number of amides is 2. The fourth-order valence-electron chi connectivity index (χ4n) is 2.91. The summed E-state index contributed by atoms with van der Waals surface area (Å²) in [7, 11) is -3.93. The number of nitrogens with zero attached hydrogens (tertiary/aromatic N) is 3. The first-order chi connectivity index (χ1) is 14.4. The monoisotopic (exact) mass is 439 g/mol. The highest BCUT2D eigenvalue weighted by molar-refractivity contribution is 7.89. The van der Waals surface area contributed by atoms with Gasteiger partial charge in [-0.05, 0) is 30.7 Å². The second-order valence-corrected chi connectivity index (χ2v) is 8.41. The summed E-state index contributed by atoms with van der Waals surface area (Å²) in [5, 5.41) is 4.88. The van der Waals surface area contributed by atoms with Gasteiger partial charge in [0.05, 0.1) is 24.4 Å². The lowest BCUT2D eigenvalue weighted by atomic mass is 10.4. The average molecular weight is 439 g/mol. The molecule has 2 amide bonds. The van der Waals surface area contributed by atoms with Crippen LogP contribution in [0, 0.1) is 5.82 Å². The molecule has 12 heteroatoms. The molecule has 0 spiro atoms. The van der Waals surface area contributed by atoms with Gasteiger partial charge in [-0.15, -0.1) is 0 Å². The second-order valence-electron chi connectivity index (χ2n) is 6.52. The molecule has 0 unspecified atom stereocenters. The van der Waals surface area contributed by atoms with Crippen LogP contribution >= 0.6 is 0 Å². The maximum Gasteiger partial charge on any atom is 0.309 e. The maximum absolute atomic E-state index is 13.1. The molecule has 0 aliphatic carbocycles. The van der Waals surface area contributed by atoms with Crippen molar-refractivity contribution in [3.63, 3.8) is 0 Å². The fourth-order valence-corrected chi connectivity index (χ4v) is 4.42. The van der Waals surface area contributed by atoms with Gasteiger partial charge in [-0.2, -0.15) is 4.31 Å². The van der Waals surface area contributed by atoms with Gasteiger partial charge in [-0.1, -0.05) is 0 Å². The van der Waals surface area contributed by atoms with Crippen molar-refractivity contribution in [2.45, 2.75) is 24.1 Å². The van der Waals surface area contributed by atoms with Gasteiger partial charge in [0.15, 0.2) is 0 Å². The number of carbonyl (C=O) groups is 2. The van der Waals surface area contributed by atoms with Crippen molar-refractivity contribution in [3.8, 4) is 0 Å². The van der Waals surface area contributed by atoms with Gasteiger partial charge in [0, 0.05) is 32.0 Å². The number of nitrogens with one attached hydrogen (secondary N) is 2. The average Bonchev–Trinajstić information content (AvgIpc) is 3.41. The van der Waals surface area contributed by atoms with Crippen LogP contribution in [-0.2, 0) is 30.9 Å². The Kier molecular flexibility index (Phi) is 7.13. The quantitative estimate of drug-likeness (QED) is 0.430. The molecule has 2 aromatic rings. The Bertz CT molecular complexity index is 965. The van der Waals surface area contributed by atoms with E-state index >= 15 is 0 Å². The first-order valence-electron chi connectivity index (χ1n) is 9.29. The first kappa shape index (κ1) is 21.9. The Labute approximate surface area is 173 Å². The Morgan fingerprint density at radius 2 is 1.93 bits per heavy atom. The number of aromatic nitrogens is 2. The van der Waals surface area contributed by atoms with E-state index in [1.807, 2.05) is 4.57 Å². The van der Waals surface area contributed by atoms with Gasteiger partial charge in [0.25, 0.3) is 0 Å². The molecule has 0 radical (unpaired) electrons. The molecule has 30 heavy (non-hydrogen) atoms. The highest BCUT2D eigenvalue weighted by Crippen LogP contribution is 2.22. The number of benzene rings is 1. The Balaban J connectivity index is 1.47. The number of halogens is 1. The number of sulfonamides is 1. The first-order valence-corrected chi connectivity index (χ1v) is 10.7. The van der Waals surface area contributed by atoms with Crippen LogP contribution in [0.15, 0.2) is 47.9 Å². The molecule has 2 heterocycles. The van der Waals surface area contributed by atoms with Crippen molar-refractivity contribution in [2.24, 2.45) is 0 Å². The summed E-state index contributed by atoms with van der Waals surface area (Å²) in [6, 6.07) is 4.43. The smallest absolute Gasteiger partial charge is 0.309 e. The minimum atomic E-state index is -3.93. The molecule has 1 atom stereocenters. The number of aryl methyl sites for hydroxylation is 1. The summed E-state index contributed by atoms with van der Waals surface area (Å²) < 4.78 is 46.8. The lowest BCUT2D eigenvalue weighted by Crippen LogP contribution is -2.47. The third kappa shape index (κ3) is 5.40. The largest absolute Gasteiger partial charge is 0.359 e. The summed E-state index contributed by atoms with van der Waals surface area (Å²) in [5.74, 6) is -2.25. The minimum absolute atomic E-state index is 0.0821. The molecule has 0 bridgehead atoms.